The maximum absolute atomic E-state index is 13.7. The van der Waals surface area contributed by atoms with Gasteiger partial charge >= 0.3 is 6.03 Å². The van der Waals surface area contributed by atoms with Gasteiger partial charge in [0.15, 0.2) is 17.9 Å². The number of ketones is 1. The van der Waals surface area contributed by atoms with E-state index in [2.05, 4.69) is 5.32 Å². The van der Waals surface area contributed by atoms with Crippen molar-refractivity contribution >= 4 is 23.4 Å². The van der Waals surface area contributed by atoms with Crippen LogP contribution in [0, 0.1) is 0 Å². The number of rotatable bonds is 9. The molecule has 0 saturated carbocycles. The lowest BCUT2D eigenvalue weighted by molar-refractivity contribution is -0.223. The molecule has 0 bridgehead atoms. The van der Waals surface area contributed by atoms with E-state index in [1.807, 2.05) is 30.3 Å². The van der Waals surface area contributed by atoms with Crippen LogP contribution < -0.4 is 11.1 Å². The summed E-state index contributed by atoms with van der Waals surface area (Å²) in [4.78, 5) is 39.3. The second-order valence-corrected chi connectivity index (χ2v) is 9.69. The summed E-state index contributed by atoms with van der Waals surface area (Å²) in [6.07, 6.45) is -2.84. The van der Waals surface area contributed by atoms with E-state index in [0.29, 0.717) is 11.3 Å². The minimum atomic E-state index is -0.862. The first kappa shape index (κ1) is 26.7. The molecule has 2 saturated heterocycles. The zero-order valence-electron chi connectivity index (χ0n) is 21.4. The minimum absolute atomic E-state index is 0.124. The molecule has 10 heteroatoms. The first-order valence-electron chi connectivity index (χ1n) is 12.1. The van der Waals surface area contributed by atoms with Gasteiger partial charge in [-0.3, -0.25) is 9.59 Å². The Morgan fingerprint density at radius 2 is 1.84 bits per heavy atom. The summed E-state index contributed by atoms with van der Waals surface area (Å²) in [5.41, 5.74) is 7.39. The van der Waals surface area contributed by atoms with Gasteiger partial charge in [0.25, 0.3) is 0 Å². The number of nitrogens with one attached hydrogen (secondary N) is 1. The second-order valence-electron chi connectivity index (χ2n) is 9.69. The number of carbonyl (C=O) groups is 3. The molecule has 3 N–H and O–H groups in total. The van der Waals surface area contributed by atoms with Crippen molar-refractivity contribution in [2.75, 3.05) is 12.4 Å². The summed E-state index contributed by atoms with van der Waals surface area (Å²) in [6, 6.07) is 14.7. The third-order valence-electron chi connectivity index (χ3n) is 6.47. The molecule has 2 fully saturated rings. The first-order valence-corrected chi connectivity index (χ1v) is 12.1. The molecule has 0 aromatic heterocycles. The average molecular weight is 512 g/mol. The van der Waals surface area contributed by atoms with Crippen molar-refractivity contribution in [1.82, 2.24) is 4.90 Å². The quantitative estimate of drug-likeness (QED) is 0.495. The van der Waals surface area contributed by atoms with Crippen molar-refractivity contribution in [3.63, 3.8) is 0 Å². The first-order chi connectivity index (χ1) is 17.6. The van der Waals surface area contributed by atoms with E-state index in [4.69, 9.17) is 24.7 Å². The van der Waals surface area contributed by atoms with Crippen molar-refractivity contribution in [3.05, 3.63) is 65.7 Å². The SMILES string of the molecule is CO[C@@H]1[C@H]2OC(C)(C)O[C@H]2O[C@@H]1C(CC(N)=O)N(Cc1ccccc1)C(=O)Nc1cccc(C(C)=O)c1. The van der Waals surface area contributed by atoms with Crippen LogP contribution in [0.4, 0.5) is 10.5 Å². The van der Waals surface area contributed by atoms with Crippen LogP contribution in [-0.2, 0) is 30.3 Å². The summed E-state index contributed by atoms with van der Waals surface area (Å²) < 4.78 is 23.9. The Labute approximate surface area is 216 Å². The lowest BCUT2D eigenvalue weighted by atomic mass is 9.98. The Kier molecular flexibility index (Phi) is 7.93. The number of hydrogen-bond donors (Lipinski definition) is 2. The van der Waals surface area contributed by atoms with Gasteiger partial charge < -0.3 is 34.9 Å². The molecule has 2 aromatic carbocycles. The zero-order valence-corrected chi connectivity index (χ0v) is 21.4. The molecule has 37 heavy (non-hydrogen) atoms. The Morgan fingerprint density at radius 1 is 1.11 bits per heavy atom. The number of urea groups is 1. The van der Waals surface area contributed by atoms with Gasteiger partial charge in [-0.1, -0.05) is 42.5 Å². The molecule has 0 aliphatic carbocycles. The van der Waals surface area contributed by atoms with Crippen molar-refractivity contribution in [2.45, 2.75) is 70.2 Å². The largest absolute Gasteiger partial charge is 0.376 e. The van der Waals surface area contributed by atoms with Gasteiger partial charge in [-0.25, -0.2) is 4.79 Å². The molecule has 1 unspecified atom stereocenters. The van der Waals surface area contributed by atoms with Crippen molar-refractivity contribution in [1.29, 1.82) is 0 Å². The molecule has 4 rings (SSSR count). The van der Waals surface area contributed by atoms with Gasteiger partial charge in [-0.2, -0.15) is 0 Å². The minimum Gasteiger partial charge on any atom is -0.376 e. The highest BCUT2D eigenvalue weighted by Crippen LogP contribution is 2.41. The number of fused-ring (bicyclic) bond motifs is 1. The zero-order chi connectivity index (χ0) is 26.7. The fourth-order valence-electron chi connectivity index (χ4n) is 4.82. The van der Waals surface area contributed by atoms with Crippen molar-refractivity contribution in [2.24, 2.45) is 5.73 Å². The molecule has 2 aliphatic heterocycles. The van der Waals surface area contributed by atoms with Gasteiger partial charge in [0, 0.05) is 31.3 Å². The molecule has 10 nitrogen and oxygen atoms in total. The summed E-state index contributed by atoms with van der Waals surface area (Å²) in [5, 5.41) is 2.85. The van der Waals surface area contributed by atoms with Crippen molar-refractivity contribution < 1.29 is 33.3 Å². The van der Waals surface area contributed by atoms with Crippen LogP contribution in [-0.4, -0.2) is 66.2 Å². The third-order valence-corrected chi connectivity index (χ3v) is 6.47. The van der Waals surface area contributed by atoms with Gasteiger partial charge in [-0.15, -0.1) is 0 Å². The van der Waals surface area contributed by atoms with E-state index in [0.717, 1.165) is 5.56 Å². The van der Waals surface area contributed by atoms with E-state index in [9.17, 15) is 14.4 Å². The fourth-order valence-corrected chi connectivity index (χ4v) is 4.82. The summed E-state index contributed by atoms with van der Waals surface area (Å²) in [6.45, 7) is 5.18. The molecule has 2 aromatic rings. The number of Topliss-reactive ketones (excluding diaryl/α,β-unsaturated/α-hetero) is 1. The molecular formula is C27H33N3O7. The molecule has 198 valence electrons. The Balaban J connectivity index is 1.67. The summed E-state index contributed by atoms with van der Waals surface area (Å²) in [5.74, 6) is -1.59. The van der Waals surface area contributed by atoms with Crippen LogP contribution in [0.3, 0.4) is 0 Å². The van der Waals surface area contributed by atoms with E-state index < -0.39 is 48.4 Å². The van der Waals surface area contributed by atoms with E-state index in [1.54, 1.807) is 38.1 Å². The number of benzene rings is 2. The summed E-state index contributed by atoms with van der Waals surface area (Å²) in [7, 11) is 1.52. The molecule has 0 spiro atoms. The number of ether oxygens (including phenoxy) is 4. The van der Waals surface area contributed by atoms with Crippen LogP contribution in [0.5, 0.6) is 0 Å². The Morgan fingerprint density at radius 3 is 2.49 bits per heavy atom. The van der Waals surface area contributed by atoms with E-state index >= 15 is 0 Å². The highest BCUT2D eigenvalue weighted by Gasteiger charge is 2.58. The number of carbonyl (C=O) groups excluding carboxylic acids is 3. The van der Waals surface area contributed by atoms with Crippen LogP contribution in [0.25, 0.3) is 0 Å². The number of methoxy groups -OCH3 is 1. The van der Waals surface area contributed by atoms with E-state index in [-0.39, 0.29) is 18.7 Å². The van der Waals surface area contributed by atoms with Crippen LogP contribution >= 0.6 is 0 Å². The van der Waals surface area contributed by atoms with Crippen LogP contribution in [0.15, 0.2) is 54.6 Å². The third kappa shape index (κ3) is 6.16. The number of hydrogen-bond acceptors (Lipinski definition) is 7. The average Bonchev–Trinajstić information content (AvgIpc) is 3.32. The maximum atomic E-state index is 13.7. The normalized spacial score (nSPS) is 24.8. The molecule has 3 amide bonds. The number of amides is 3. The number of anilines is 1. The molecule has 5 atom stereocenters. The monoisotopic (exact) mass is 511 g/mol. The smallest absolute Gasteiger partial charge is 0.322 e. The lowest BCUT2D eigenvalue weighted by Crippen LogP contribution is -2.54. The highest BCUT2D eigenvalue weighted by atomic mass is 16.8. The topological polar surface area (TPSA) is 129 Å². The molecule has 0 radical (unpaired) electrons. The lowest BCUT2D eigenvalue weighted by Gasteiger charge is -2.37. The van der Waals surface area contributed by atoms with Crippen LogP contribution in [0.2, 0.25) is 0 Å². The number of nitrogens with two attached hydrogens (primary N) is 1. The van der Waals surface area contributed by atoms with Crippen molar-refractivity contribution in [3.8, 4) is 0 Å². The predicted octanol–water partition coefficient (Wildman–Crippen LogP) is 3.06. The molecule has 2 heterocycles. The maximum Gasteiger partial charge on any atom is 0.322 e. The van der Waals surface area contributed by atoms with Gasteiger partial charge in [-0.05, 0) is 38.5 Å². The Bertz CT molecular complexity index is 1140. The van der Waals surface area contributed by atoms with Gasteiger partial charge in [0.2, 0.25) is 5.91 Å². The van der Waals surface area contributed by atoms with E-state index in [1.165, 1.54) is 18.9 Å². The molecular weight excluding hydrogens is 478 g/mol. The summed E-state index contributed by atoms with van der Waals surface area (Å²) >= 11 is 0. The van der Waals surface area contributed by atoms with Gasteiger partial charge in [0.1, 0.15) is 18.3 Å². The second kappa shape index (κ2) is 11.0. The van der Waals surface area contributed by atoms with Gasteiger partial charge in [0.05, 0.1) is 6.04 Å². The number of primary amides is 1. The Hall–Kier alpha value is -3.31. The highest BCUT2D eigenvalue weighted by molar-refractivity contribution is 5.96. The number of nitrogens with zero attached hydrogens (tertiary/aromatic N) is 1. The standard InChI is InChI=1S/C27H33N3O7/c1-16(31)18-11-8-12-19(13-18)29-26(33)30(15-17-9-6-5-7-10-17)20(14-21(28)32)22-23(34-4)24-25(35-22)37-27(2,3)36-24/h5-13,20,22-25H,14-15H2,1-4H3,(H2,28,32)(H,29,33)/t20?,22-,23+,24-,25-/m1/s1. The molecule has 2 aliphatic rings. The van der Waals surface area contributed by atoms with Crippen LogP contribution in [0.1, 0.15) is 43.1 Å². The fraction of sp³-hybridized carbons (Fsp3) is 0.444. The predicted molar refractivity (Wildman–Crippen MR) is 135 cm³/mol.